The number of carbonyl (C=O) groups is 2. The second kappa shape index (κ2) is 5.21. The van der Waals surface area contributed by atoms with Gasteiger partial charge in [0.15, 0.2) is 11.6 Å². The summed E-state index contributed by atoms with van der Waals surface area (Å²) in [5.41, 5.74) is -2.93. The van der Waals surface area contributed by atoms with E-state index in [1.807, 2.05) is 6.92 Å². The monoisotopic (exact) mass is 378 g/mol. The summed E-state index contributed by atoms with van der Waals surface area (Å²) in [6.07, 6.45) is 3.41. The largest absolute Gasteiger partial charge is 0.393 e. The van der Waals surface area contributed by atoms with Crippen molar-refractivity contribution in [1.29, 1.82) is 0 Å². The zero-order valence-corrected chi connectivity index (χ0v) is 16.1. The highest BCUT2D eigenvalue weighted by Crippen LogP contribution is 2.73. The van der Waals surface area contributed by atoms with E-state index in [-0.39, 0.29) is 35.1 Å². The Bertz CT molecular complexity index is 721. The molecule has 0 bridgehead atoms. The van der Waals surface area contributed by atoms with Gasteiger partial charge in [-0.25, -0.2) is 0 Å². The van der Waals surface area contributed by atoms with Crippen LogP contribution in [-0.4, -0.2) is 56.9 Å². The normalized spacial score (nSPS) is 58.7. The number of hydrogen-bond acceptors (Lipinski definition) is 6. The first kappa shape index (κ1) is 18.2. The third kappa shape index (κ3) is 1.86. The lowest BCUT2D eigenvalue weighted by molar-refractivity contribution is -0.198. The van der Waals surface area contributed by atoms with E-state index in [9.17, 15) is 24.9 Å². The van der Waals surface area contributed by atoms with Crippen molar-refractivity contribution in [2.75, 3.05) is 6.61 Å². The van der Waals surface area contributed by atoms with Gasteiger partial charge in [-0.3, -0.25) is 9.59 Å². The fourth-order valence-electron chi connectivity index (χ4n) is 8.21. The minimum Gasteiger partial charge on any atom is -0.393 e. The van der Waals surface area contributed by atoms with Crippen LogP contribution in [0.1, 0.15) is 58.8 Å². The maximum atomic E-state index is 12.4. The fourth-order valence-corrected chi connectivity index (χ4v) is 8.21. The number of ketones is 2. The number of aliphatic hydroxyl groups is 3. The highest BCUT2D eigenvalue weighted by molar-refractivity contribution is 5.90. The summed E-state index contributed by atoms with van der Waals surface area (Å²) in [6.45, 7) is 3.44. The van der Waals surface area contributed by atoms with E-state index in [1.165, 1.54) is 0 Å². The van der Waals surface area contributed by atoms with Crippen molar-refractivity contribution in [1.82, 2.24) is 0 Å². The summed E-state index contributed by atoms with van der Waals surface area (Å²) in [5.74, 6) is 0.0349. The molecule has 6 heteroatoms. The van der Waals surface area contributed by atoms with Gasteiger partial charge in [-0.2, -0.15) is 0 Å². The second-order valence-corrected chi connectivity index (χ2v) is 10.3. The lowest BCUT2D eigenvalue weighted by atomic mass is 9.43. The van der Waals surface area contributed by atoms with Gasteiger partial charge in [-0.15, -0.1) is 0 Å². The average Bonchev–Trinajstić information content (AvgIpc) is 3.31. The molecular weight excluding hydrogens is 348 g/mol. The van der Waals surface area contributed by atoms with E-state index < -0.39 is 35.1 Å². The molecule has 5 aliphatic rings. The standard InChI is InChI=1S/C21H30O6/c1-18-6-5-13(23)17-21(18,27-17)8-3-11-12-4-7-20(26,15(25)10-22)19(12,2)9-14(24)16(11)18/h11-12,14,16-17,22,24,26H,3-10H2,1-2H3/t11-,12-,14-,16+,17?,18+,19-,20-,21?/m0/s1. The number of ether oxygens (including phenoxy) is 1. The van der Waals surface area contributed by atoms with Gasteiger partial charge in [0.2, 0.25) is 0 Å². The zero-order chi connectivity index (χ0) is 19.4. The molecule has 0 aromatic heterocycles. The van der Waals surface area contributed by atoms with E-state index in [4.69, 9.17) is 4.74 Å². The molecule has 5 fully saturated rings. The maximum absolute atomic E-state index is 12.4. The first-order valence-corrected chi connectivity index (χ1v) is 10.4. The van der Waals surface area contributed by atoms with Crippen molar-refractivity contribution in [3.63, 3.8) is 0 Å². The Morgan fingerprint density at radius 1 is 1.19 bits per heavy atom. The average molecular weight is 378 g/mol. The van der Waals surface area contributed by atoms with E-state index in [0.717, 1.165) is 25.7 Å². The van der Waals surface area contributed by atoms with Gasteiger partial charge in [-0.1, -0.05) is 13.8 Å². The summed E-state index contributed by atoms with van der Waals surface area (Å²) in [6, 6.07) is 0. The molecule has 4 saturated carbocycles. The Kier molecular flexibility index (Phi) is 3.51. The van der Waals surface area contributed by atoms with Gasteiger partial charge in [0.05, 0.1) is 6.10 Å². The highest BCUT2D eigenvalue weighted by Gasteiger charge is 2.78. The first-order valence-electron chi connectivity index (χ1n) is 10.4. The van der Waals surface area contributed by atoms with Crippen molar-refractivity contribution in [3.05, 3.63) is 0 Å². The summed E-state index contributed by atoms with van der Waals surface area (Å²) >= 11 is 0. The number of carbonyl (C=O) groups excluding carboxylic acids is 2. The lowest BCUT2D eigenvalue weighted by Gasteiger charge is -2.61. The van der Waals surface area contributed by atoms with Crippen molar-refractivity contribution in [3.8, 4) is 0 Å². The number of Topliss-reactive ketones (excluding diaryl/α,β-unsaturated/α-hetero) is 2. The Morgan fingerprint density at radius 3 is 2.63 bits per heavy atom. The molecule has 2 unspecified atom stereocenters. The summed E-state index contributed by atoms with van der Waals surface area (Å²) in [5, 5.41) is 31.9. The van der Waals surface area contributed by atoms with Crippen molar-refractivity contribution in [2.24, 2.45) is 28.6 Å². The van der Waals surface area contributed by atoms with Crippen molar-refractivity contribution < 1.29 is 29.6 Å². The minimum atomic E-state index is -1.56. The molecule has 5 rings (SSSR count). The third-order valence-electron chi connectivity index (χ3n) is 9.64. The molecular formula is C21H30O6. The fraction of sp³-hybridized carbons (Fsp3) is 0.905. The van der Waals surface area contributed by atoms with Gasteiger partial charge in [0, 0.05) is 17.3 Å². The van der Waals surface area contributed by atoms with Crippen LogP contribution in [-0.2, 0) is 14.3 Å². The molecule has 0 aromatic carbocycles. The molecule has 1 aliphatic heterocycles. The number of fused-ring (bicyclic) bond motifs is 4. The van der Waals surface area contributed by atoms with Crippen LogP contribution >= 0.6 is 0 Å². The van der Waals surface area contributed by atoms with E-state index in [0.29, 0.717) is 19.3 Å². The molecule has 27 heavy (non-hydrogen) atoms. The van der Waals surface area contributed by atoms with Gasteiger partial charge >= 0.3 is 0 Å². The summed E-state index contributed by atoms with van der Waals surface area (Å²) in [7, 11) is 0. The molecule has 150 valence electrons. The molecule has 3 N–H and O–H groups in total. The van der Waals surface area contributed by atoms with Crippen LogP contribution in [0.25, 0.3) is 0 Å². The minimum absolute atomic E-state index is 0.0222. The van der Waals surface area contributed by atoms with Crippen LogP contribution in [0.4, 0.5) is 0 Å². The van der Waals surface area contributed by atoms with Crippen LogP contribution in [0.5, 0.6) is 0 Å². The molecule has 9 atom stereocenters. The predicted molar refractivity (Wildman–Crippen MR) is 94.7 cm³/mol. The smallest absolute Gasteiger partial charge is 0.190 e. The molecule has 1 spiro atoms. The SMILES string of the molecule is C[C@]12C[C@H](O)[C@H]3[C@@H](CCC45OC4C(=O)CC[C@]35C)[C@@H]1CC[C@]2(O)C(=O)CO. The van der Waals surface area contributed by atoms with Crippen LogP contribution in [0, 0.1) is 28.6 Å². The Labute approximate surface area is 159 Å². The van der Waals surface area contributed by atoms with Gasteiger partial charge < -0.3 is 20.1 Å². The summed E-state index contributed by atoms with van der Waals surface area (Å²) in [4.78, 5) is 24.6. The van der Waals surface area contributed by atoms with Crippen molar-refractivity contribution in [2.45, 2.75) is 82.2 Å². The third-order valence-corrected chi connectivity index (χ3v) is 9.64. The van der Waals surface area contributed by atoms with Crippen LogP contribution in [0.3, 0.4) is 0 Å². The van der Waals surface area contributed by atoms with Crippen LogP contribution < -0.4 is 0 Å². The molecule has 6 nitrogen and oxygen atoms in total. The Morgan fingerprint density at radius 2 is 1.93 bits per heavy atom. The highest BCUT2D eigenvalue weighted by atomic mass is 16.6. The number of rotatable bonds is 2. The van der Waals surface area contributed by atoms with E-state index in [2.05, 4.69) is 6.92 Å². The molecule has 0 radical (unpaired) electrons. The number of epoxide rings is 1. The maximum Gasteiger partial charge on any atom is 0.190 e. The molecule has 1 saturated heterocycles. The van der Waals surface area contributed by atoms with Crippen molar-refractivity contribution >= 4 is 11.6 Å². The lowest BCUT2D eigenvalue weighted by Crippen LogP contribution is -2.65. The quantitative estimate of drug-likeness (QED) is 0.619. The zero-order valence-electron chi connectivity index (χ0n) is 16.1. The molecule has 0 aromatic rings. The van der Waals surface area contributed by atoms with Crippen LogP contribution in [0.2, 0.25) is 0 Å². The topological polar surface area (TPSA) is 107 Å². The molecule has 1 heterocycles. The number of aliphatic hydroxyl groups excluding tert-OH is 2. The number of hydrogen-bond donors (Lipinski definition) is 3. The van der Waals surface area contributed by atoms with Gasteiger partial charge in [0.25, 0.3) is 0 Å². The van der Waals surface area contributed by atoms with Gasteiger partial charge in [-0.05, 0) is 56.3 Å². The summed E-state index contributed by atoms with van der Waals surface area (Å²) < 4.78 is 6.02. The molecule has 0 amide bonds. The second-order valence-electron chi connectivity index (χ2n) is 10.3. The molecule has 4 aliphatic carbocycles. The van der Waals surface area contributed by atoms with Crippen LogP contribution in [0.15, 0.2) is 0 Å². The van der Waals surface area contributed by atoms with E-state index in [1.54, 1.807) is 0 Å². The van der Waals surface area contributed by atoms with Gasteiger partial charge in [0.1, 0.15) is 23.9 Å². The van der Waals surface area contributed by atoms with E-state index >= 15 is 0 Å². The Hall–Kier alpha value is -0.820. The first-order chi connectivity index (χ1) is 12.6. The Balaban J connectivity index is 1.53. The predicted octanol–water partition coefficient (Wildman–Crippen LogP) is 0.993.